The molecular formula is C19H18F3NO5S. The molecule has 0 saturated carbocycles. The van der Waals surface area contributed by atoms with Crippen LogP contribution in [0.1, 0.15) is 18.1 Å². The van der Waals surface area contributed by atoms with Gasteiger partial charge in [-0.15, -0.1) is 0 Å². The van der Waals surface area contributed by atoms with E-state index in [-0.39, 0.29) is 28.5 Å². The average molecular weight is 429 g/mol. The van der Waals surface area contributed by atoms with Crippen LogP contribution in [0.5, 0.6) is 5.75 Å². The number of carbonyl (C=O) groups excluding carboxylic acids is 2. The Morgan fingerprint density at radius 3 is 2.14 bits per heavy atom. The number of hydrogen-bond acceptors (Lipinski definition) is 5. The summed E-state index contributed by atoms with van der Waals surface area (Å²) < 4.78 is 66.9. The predicted molar refractivity (Wildman–Crippen MR) is 97.2 cm³/mol. The molecule has 2 rings (SSSR count). The van der Waals surface area contributed by atoms with Crippen molar-refractivity contribution < 1.29 is 35.9 Å². The average Bonchev–Trinajstić information content (AvgIpc) is 2.62. The highest BCUT2D eigenvalue weighted by molar-refractivity contribution is 7.91. The topological polar surface area (TPSA) is 89.5 Å². The van der Waals surface area contributed by atoms with Crippen molar-refractivity contribution in [2.24, 2.45) is 0 Å². The molecule has 156 valence electrons. The van der Waals surface area contributed by atoms with Gasteiger partial charge in [0.1, 0.15) is 5.75 Å². The van der Waals surface area contributed by atoms with E-state index in [0.29, 0.717) is 11.1 Å². The summed E-state index contributed by atoms with van der Waals surface area (Å²) in [5, 5.41) is 1.75. The minimum atomic E-state index is -4.94. The van der Waals surface area contributed by atoms with E-state index in [2.05, 4.69) is 0 Å². The Balaban J connectivity index is 2.11. The van der Waals surface area contributed by atoms with E-state index in [1.54, 1.807) is 12.2 Å². The standard InChI is InChI=1S/C19H18F3NO5S/c1-12-11-16(7-8-17(12)28-13(2)24)29(26,27)15-5-3-14(4-6-15)9-10-23-18(25)19(20,21)22/h3-8,11H,9-10H2,1-2H3,(H,23,25). The number of esters is 1. The number of benzene rings is 2. The quantitative estimate of drug-likeness (QED) is 0.563. The summed E-state index contributed by atoms with van der Waals surface area (Å²) in [6.07, 6.45) is -4.83. The van der Waals surface area contributed by atoms with Gasteiger partial charge in [-0.05, 0) is 54.8 Å². The molecule has 0 aliphatic rings. The summed E-state index contributed by atoms with van der Waals surface area (Å²) in [7, 11) is -3.84. The summed E-state index contributed by atoms with van der Waals surface area (Å²) in [5.74, 6) is -2.29. The maximum atomic E-state index is 12.8. The molecule has 29 heavy (non-hydrogen) atoms. The zero-order chi connectivity index (χ0) is 21.8. The molecular weight excluding hydrogens is 411 g/mol. The highest BCUT2D eigenvalue weighted by atomic mass is 32.2. The zero-order valence-corrected chi connectivity index (χ0v) is 16.4. The van der Waals surface area contributed by atoms with Crippen molar-refractivity contribution >= 4 is 21.7 Å². The first-order valence-electron chi connectivity index (χ1n) is 8.39. The Morgan fingerprint density at radius 2 is 1.62 bits per heavy atom. The van der Waals surface area contributed by atoms with Gasteiger partial charge in [0.25, 0.3) is 0 Å². The summed E-state index contributed by atoms with van der Waals surface area (Å²) in [5.41, 5.74) is 1.03. The minimum Gasteiger partial charge on any atom is -0.426 e. The summed E-state index contributed by atoms with van der Waals surface area (Å²) in [4.78, 5) is 21.8. The molecule has 0 unspecified atom stereocenters. The molecule has 0 saturated heterocycles. The smallest absolute Gasteiger partial charge is 0.426 e. The largest absolute Gasteiger partial charge is 0.471 e. The van der Waals surface area contributed by atoms with Crippen LogP contribution in [0, 0.1) is 6.92 Å². The lowest BCUT2D eigenvalue weighted by Gasteiger charge is -2.10. The van der Waals surface area contributed by atoms with Crippen LogP contribution in [0.3, 0.4) is 0 Å². The lowest BCUT2D eigenvalue weighted by Crippen LogP contribution is -2.37. The number of ether oxygens (including phenoxy) is 1. The molecule has 2 aromatic carbocycles. The van der Waals surface area contributed by atoms with E-state index in [1.165, 1.54) is 49.4 Å². The fourth-order valence-electron chi connectivity index (χ4n) is 2.45. The highest BCUT2D eigenvalue weighted by Crippen LogP contribution is 2.26. The van der Waals surface area contributed by atoms with Gasteiger partial charge in [0, 0.05) is 13.5 Å². The van der Waals surface area contributed by atoms with Crippen molar-refractivity contribution in [3.8, 4) is 5.75 Å². The Labute approximate surface area is 165 Å². The zero-order valence-electron chi connectivity index (χ0n) is 15.5. The van der Waals surface area contributed by atoms with E-state index in [1.807, 2.05) is 0 Å². The second-order valence-corrected chi connectivity index (χ2v) is 8.12. The Morgan fingerprint density at radius 1 is 1.03 bits per heavy atom. The Hall–Kier alpha value is -2.88. The van der Waals surface area contributed by atoms with Crippen molar-refractivity contribution in [3.63, 3.8) is 0 Å². The van der Waals surface area contributed by atoms with E-state index in [9.17, 15) is 31.2 Å². The molecule has 0 aliphatic carbocycles. The summed E-state index contributed by atoms with van der Waals surface area (Å²) in [6, 6.07) is 9.70. The molecule has 6 nitrogen and oxygen atoms in total. The fourth-order valence-corrected chi connectivity index (χ4v) is 3.80. The molecule has 0 heterocycles. The van der Waals surface area contributed by atoms with E-state index in [0.717, 1.165) is 0 Å². The van der Waals surface area contributed by atoms with Gasteiger partial charge in [-0.3, -0.25) is 9.59 Å². The van der Waals surface area contributed by atoms with Crippen molar-refractivity contribution in [1.82, 2.24) is 5.32 Å². The molecule has 1 amide bonds. The molecule has 0 fully saturated rings. The van der Waals surface area contributed by atoms with Crippen molar-refractivity contribution in [2.75, 3.05) is 6.54 Å². The second kappa shape index (κ2) is 8.64. The number of hydrogen-bond donors (Lipinski definition) is 1. The van der Waals surface area contributed by atoms with Gasteiger partial charge in [0.2, 0.25) is 9.84 Å². The second-order valence-electron chi connectivity index (χ2n) is 6.17. The molecule has 0 aliphatic heterocycles. The Bertz CT molecular complexity index is 1020. The van der Waals surface area contributed by atoms with Gasteiger partial charge in [0.15, 0.2) is 0 Å². The number of amides is 1. The van der Waals surface area contributed by atoms with Gasteiger partial charge in [-0.1, -0.05) is 12.1 Å². The van der Waals surface area contributed by atoms with Gasteiger partial charge in [-0.2, -0.15) is 13.2 Å². The lowest BCUT2D eigenvalue weighted by atomic mass is 10.1. The molecule has 0 aromatic heterocycles. The summed E-state index contributed by atoms with van der Waals surface area (Å²) >= 11 is 0. The van der Waals surface area contributed by atoms with E-state index in [4.69, 9.17) is 4.74 Å². The van der Waals surface area contributed by atoms with Crippen LogP contribution in [0.4, 0.5) is 13.2 Å². The third-order valence-corrected chi connectivity index (χ3v) is 5.67. The van der Waals surface area contributed by atoms with Crippen LogP contribution < -0.4 is 10.1 Å². The molecule has 0 bridgehead atoms. The number of alkyl halides is 3. The molecule has 10 heteroatoms. The third-order valence-electron chi connectivity index (χ3n) is 3.90. The van der Waals surface area contributed by atoms with Gasteiger partial charge < -0.3 is 10.1 Å². The molecule has 0 spiro atoms. The monoisotopic (exact) mass is 429 g/mol. The summed E-state index contributed by atoms with van der Waals surface area (Å²) in [6.45, 7) is 2.61. The first-order chi connectivity index (χ1) is 13.4. The van der Waals surface area contributed by atoms with Crippen LogP contribution in [0.15, 0.2) is 52.3 Å². The number of halogens is 3. The molecule has 2 aromatic rings. The first kappa shape index (κ1) is 22.4. The lowest BCUT2D eigenvalue weighted by molar-refractivity contribution is -0.173. The van der Waals surface area contributed by atoms with E-state index >= 15 is 0 Å². The Kier molecular flexibility index (Phi) is 6.68. The van der Waals surface area contributed by atoms with Crippen LogP contribution in [-0.2, 0) is 25.8 Å². The van der Waals surface area contributed by atoms with Crippen molar-refractivity contribution in [3.05, 3.63) is 53.6 Å². The van der Waals surface area contributed by atoms with Crippen LogP contribution in [0.2, 0.25) is 0 Å². The van der Waals surface area contributed by atoms with Crippen LogP contribution >= 0.6 is 0 Å². The fraction of sp³-hybridized carbons (Fsp3) is 0.263. The normalized spacial score (nSPS) is 11.8. The SMILES string of the molecule is CC(=O)Oc1ccc(S(=O)(=O)c2ccc(CCNC(=O)C(F)(F)F)cc2)cc1C. The first-order valence-corrected chi connectivity index (χ1v) is 9.87. The highest BCUT2D eigenvalue weighted by Gasteiger charge is 2.38. The third kappa shape index (κ3) is 5.80. The molecule has 0 radical (unpaired) electrons. The van der Waals surface area contributed by atoms with E-state index < -0.39 is 27.9 Å². The molecule has 1 N–H and O–H groups in total. The van der Waals surface area contributed by atoms with Crippen molar-refractivity contribution in [1.29, 1.82) is 0 Å². The maximum Gasteiger partial charge on any atom is 0.471 e. The van der Waals surface area contributed by atoms with Crippen LogP contribution in [0.25, 0.3) is 0 Å². The number of sulfone groups is 1. The number of rotatable bonds is 6. The number of aryl methyl sites for hydroxylation is 1. The molecule has 0 atom stereocenters. The minimum absolute atomic E-state index is 0.000198. The van der Waals surface area contributed by atoms with Gasteiger partial charge >= 0.3 is 18.1 Å². The van der Waals surface area contributed by atoms with Crippen molar-refractivity contribution in [2.45, 2.75) is 36.2 Å². The predicted octanol–water partition coefficient (Wildman–Crippen LogP) is 2.97. The van der Waals surface area contributed by atoms with Gasteiger partial charge in [-0.25, -0.2) is 8.42 Å². The number of carbonyl (C=O) groups is 2. The van der Waals surface area contributed by atoms with Gasteiger partial charge in [0.05, 0.1) is 9.79 Å². The maximum absolute atomic E-state index is 12.8. The number of nitrogens with one attached hydrogen (secondary N) is 1. The van der Waals surface area contributed by atoms with Crippen LogP contribution in [-0.4, -0.2) is 33.0 Å².